The molecule has 1 aromatic carbocycles. The molecule has 1 aromatic heterocycles. The van der Waals surface area contributed by atoms with Crippen LogP contribution in [0, 0.1) is 0 Å². The number of halogens is 1. The van der Waals surface area contributed by atoms with E-state index in [9.17, 15) is 13.2 Å². The van der Waals surface area contributed by atoms with Crippen molar-refractivity contribution in [3.8, 4) is 0 Å². The van der Waals surface area contributed by atoms with Gasteiger partial charge in [-0.15, -0.1) is 0 Å². The standard InChI is InChI=1S/C12H12ClN3O3S/c1-16-7-8(5-6-11(16)17)15-20(18,19)12-9(13)3-2-4-10(12)14/h2-7,15H,14H2,1H3. The number of nitrogens with one attached hydrogen (secondary N) is 1. The first-order valence-electron chi connectivity index (χ1n) is 5.55. The lowest BCUT2D eigenvalue weighted by Gasteiger charge is -2.12. The molecule has 20 heavy (non-hydrogen) atoms. The molecular weight excluding hydrogens is 302 g/mol. The zero-order valence-corrected chi connectivity index (χ0v) is 12.1. The summed E-state index contributed by atoms with van der Waals surface area (Å²) in [5.41, 5.74) is 5.70. The molecule has 2 aromatic rings. The minimum atomic E-state index is -3.93. The van der Waals surface area contributed by atoms with Gasteiger partial charge in [-0.05, 0) is 18.2 Å². The molecule has 0 amide bonds. The second kappa shape index (κ2) is 5.18. The maximum Gasteiger partial charge on any atom is 0.265 e. The fourth-order valence-electron chi connectivity index (χ4n) is 1.67. The molecule has 0 spiro atoms. The number of rotatable bonds is 3. The first kappa shape index (κ1) is 14.4. The Morgan fingerprint density at radius 1 is 1.25 bits per heavy atom. The number of aryl methyl sites for hydroxylation is 1. The normalized spacial score (nSPS) is 11.3. The quantitative estimate of drug-likeness (QED) is 0.838. The number of anilines is 2. The summed E-state index contributed by atoms with van der Waals surface area (Å²) in [7, 11) is -2.41. The lowest BCUT2D eigenvalue weighted by molar-refractivity contribution is 0.601. The maximum absolute atomic E-state index is 12.3. The molecule has 0 aliphatic carbocycles. The Morgan fingerprint density at radius 2 is 1.95 bits per heavy atom. The van der Waals surface area contributed by atoms with Crippen molar-refractivity contribution >= 4 is 33.0 Å². The van der Waals surface area contributed by atoms with E-state index in [4.69, 9.17) is 17.3 Å². The summed E-state index contributed by atoms with van der Waals surface area (Å²) in [5, 5.41) is 0.0299. The van der Waals surface area contributed by atoms with Gasteiger partial charge < -0.3 is 10.3 Å². The van der Waals surface area contributed by atoms with Gasteiger partial charge in [-0.3, -0.25) is 9.52 Å². The summed E-state index contributed by atoms with van der Waals surface area (Å²) in [6, 6.07) is 7.07. The lowest BCUT2D eigenvalue weighted by atomic mass is 10.3. The molecule has 0 unspecified atom stereocenters. The molecular formula is C12H12ClN3O3S. The van der Waals surface area contributed by atoms with Crippen molar-refractivity contribution in [3.05, 3.63) is 51.9 Å². The molecule has 2 rings (SSSR count). The van der Waals surface area contributed by atoms with E-state index in [-0.39, 0.29) is 26.9 Å². The molecule has 0 atom stereocenters. The molecule has 3 N–H and O–H groups in total. The molecule has 0 radical (unpaired) electrons. The van der Waals surface area contributed by atoms with E-state index in [2.05, 4.69) is 4.72 Å². The Balaban J connectivity index is 2.46. The van der Waals surface area contributed by atoms with Crippen molar-refractivity contribution in [2.24, 2.45) is 7.05 Å². The van der Waals surface area contributed by atoms with Crippen LogP contribution in [0.3, 0.4) is 0 Å². The molecule has 0 aliphatic rings. The van der Waals surface area contributed by atoms with Gasteiger partial charge >= 0.3 is 0 Å². The number of hydrogen-bond donors (Lipinski definition) is 2. The summed E-state index contributed by atoms with van der Waals surface area (Å²) >= 11 is 5.88. The number of nitrogen functional groups attached to an aromatic ring is 1. The topological polar surface area (TPSA) is 94.2 Å². The molecule has 0 saturated carbocycles. The van der Waals surface area contributed by atoms with E-state index in [1.165, 1.54) is 42.1 Å². The number of pyridine rings is 1. The van der Waals surface area contributed by atoms with Gasteiger partial charge in [0.15, 0.2) is 0 Å². The van der Waals surface area contributed by atoms with Gasteiger partial charge in [-0.1, -0.05) is 17.7 Å². The van der Waals surface area contributed by atoms with Crippen molar-refractivity contribution in [2.45, 2.75) is 4.90 Å². The predicted octanol–water partition coefficient (Wildman–Crippen LogP) is 1.42. The first-order valence-corrected chi connectivity index (χ1v) is 7.41. The average Bonchev–Trinajstić information content (AvgIpc) is 2.33. The van der Waals surface area contributed by atoms with Crippen molar-refractivity contribution in [3.63, 3.8) is 0 Å². The van der Waals surface area contributed by atoms with Gasteiger partial charge in [-0.25, -0.2) is 8.42 Å². The van der Waals surface area contributed by atoms with Crippen LogP contribution >= 0.6 is 11.6 Å². The number of hydrogen-bond acceptors (Lipinski definition) is 4. The zero-order chi connectivity index (χ0) is 14.9. The third-order valence-electron chi connectivity index (χ3n) is 2.60. The van der Waals surface area contributed by atoms with Gasteiger partial charge in [-0.2, -0.15) is 0 Å². The maximum atomic E-state index is 12.3. The van der Waals surface area contributed by atoms with E-state index in [0.717, 1.165) is 0 Å². The summed E-state index contributed by atoms with van der Waals surface area (Å²) in [6.07, 6.45) is 1.37. The summed E-state index contributed by atoms with van der Waals surface area (Å²) in [5.74, 6) is 0. The monoisotopic (exact) mass is 313 g/mol. The molecule has 1 heterocycles. The largest absolute Gasteiger partial charge is 0.398 e. The minimum absolute atomic E-state index is 0.0299. The molecule has 0 bridgehead atoms. The van der Waals surface area contributed by atoms with Gasteiger partial charge in [0.05, 0.1) is 16.4 Å². The Kier molecular flexibility index (Phi) is 3.74. The van der Waals surface area contributed by atoms with Gasteiger partial charge in [0.2, 0.25) is 5.56 Å². The molecule has 0 aliphatic heterocycles. The number of aromatic nitrogens is 1. The van der Waals surface area contributed by atoms with Gasteiger partial charge in [0.25, 0.3) is 10.0 Å². The van der Waals surface area contributed by atoms with Crippen LogP contribution in [0.2, 0.25) is 5.02 Å². The van der Waals surface area contributed by atoms with Crippen LogP contribution in [0.1, 0.15) is 0 Å². The van der Waals surface area contributed by atoms with Gasteiger partial charge in [0.1, 0.15) is 4.90 Å². The van der Waals surface area contributed by atoms with Crippen LogP contribution in [0.4, 0.5) is 11.4 Å². The summed E-state index contributed by atoms with van der Waals surface area (Å²) < 4.78 is 28.1. The summed E-state index contributed by atoms with van der Waals surface area (Å²) in [4.78, 5) is 11.1. The van der Waals surface area contributed by atoms with Crippen LogP contribution < -0.4 is 16.0 Å². The van der Waals surface area contributed by atoms with Crippen molar-refractivity contribution in [1.29, 1.82) is 0 Å². The highest BCUT2D eigenvalue weighted by molar-refractivity contribution is 7.93. The smallest absolute Gasteiger partial charge is 0.265 e. The number of sulfonamides is 1. The highest BCUT2D eigenvalue weighted by Crippen LogP contribution is 2.28. The van der Waals surface area contributed by atoms with E-state index in [0.29, 0.717) is 0 Å². The molecule has 0 fully saturated rings. The Hall–Kier alpha value is -1.99. The Morgan fingerprint density at radius 3 is 2.55 bits per heavy atom. The highest BCUT2D eigenvalue weighted by Gasteiger charge is 2.21. The summed E-state index contributed by atoms with van der Waals surface area (Å²) in [6.45, 7) is 0. The number of benzene rings is 1. The average molecular weight is 314 g/mol. The molecule has 8 heteroatoms. The van der Waals surface area contributed by atoms with Crippen LogP contribution in [0.25, 0.3) is 0 Å². The SMILES string of the molecule is Cn1cc(NS(=O)(=O)c2c(N)cccc2Cl)ccc1=O. The van der Waals surface area contributed by atoms with Crippen LogP contribution in [0.5, 0.6) is 0 Å². The van der Waals surface area contributed by atoms with Crippen LogP contribution in [-0.4, -0.2) is 13.0 Å². The van der Waals surface area contributed by atoms with Crippen LogP contribution in [-0.2, 0) is 17.1 Å². The van der Waals surface area contributed by atoms with Crippen molar-refractivity contribution < 1.29 is 8.42 Å². The Labute approximate surface area is 120 Å². The third kappa shape index (κ3) is 2.78. The van der Waals surface area contributed by atoms with Crippen molar-refractivity contribution in [1.82, 2.24) is 4.57 Å². The Bertz CT molecular complexity index is 795. The molecule has 0 saturated heterocycles. The van der Waals surface area contributed by atoms with Gasteiger partial charge in [0, 0.05) is 19.3 Å². The zero-order valence-electron chi connectivity index (χ0n) is 10.5. The molecule has 6 nitrogen and oxygen atoms in total. The number of nitrogens with two attached hydrogens (primary N) is 1. The predicted molar refractivity (Wildman–Crippen MR) is 78.4 cm³/mol. The lowest BCUT2D eigenvalue weighted by Crippen LogP contribution is -2.19. The third-order valence-corrected chi connectivity index (χ3v) is 4.53. The van der Waals surface area contributed by atoms with Crippen molar-refractivity contribution in [2.75, 3.05) is 10.5 Å². The van der Waals surface area contributed by atoms with E-state index in [1.54, 1.807) is 6.07 Å². The number of nitrogens with zero attached hydrogens (tertiary/aromatic N) is 1. The highest BCUT2D eigenvalue weighted by atomic mass is 35.5. The fourth-order valence-corrected chi connectivity index (χ4v) is 3.39. The fraction of sp³-hybridized carbons (Fsp3) is 0.0833. The van der Waals surface area contributed by atoms with Crippen LogP contribution in [0.15, 0.2) is 46.2 Å². The first-order chi connectivity index (χ1) is 9.31. The van der Waals surface area contributed by atoms with E-state index >= 15 is 0 Å². The van der Waals surface area contributed by atoms with E-state index < -0.39 is 10.0 Å². The molecule has 106 valence electrons. The van der Waals surface area contributed by atoms with E-state index in [1.807, 2.05) is 0 Å². The second-order valence-electron chi connectivity index (χ2n) is 4.13. The minimum Gasteiger partial charge on any atom is -0.398 e. The second-order valence-corrected chi connectivity index (χ2v) is 6.16.